The van der Waals surface area contributed by atoms with E-state index in [1.54, 1.807) is 6.07 Å². The maximum atomic E-state index is 11.9. The van der Waals surface area contributed by atoms with Crippen LogP contribution >= 0.6 is 11.6 Å². The molecule has 0 fully saturated rings. The third kappa shape index (κ3) is 3.45. The van der Waals surface area contributed by atoms with Crippen molar-refractivity contribution in [3.63, 3.8) is 0 Å². The summed E-state index contributed by atoms with van der Waals surface area (Å²) in [5, 5.41) is 6.56. The SMILES string of the molecule is CC(=O)NCCNC(=O)c1cc(Cl)c2ccccc2n1. The fourth-order valence-electron chi connectivity index (χ4n) is 1.75. The Kier molecular flexibility index (Phi) is 4.53. The number of hydrogen-bond donors (Lipinski definition) is 2. The molecule has 5 nitrogen and oxygen atoms in total. The standard InChI is InChI=1S/C14H14ClN3O2/c1-9(19)16-6-7-17-14(20)13-8-11(15)10-4-2-3-5-12(10)18-13/h2-5,8H,6-7H2,1H3,(H,16,19)(H,17,20). The van der Waals surface area contributed by atoms with Gasteiger partial charge in [0, 0.05) is 25.4 Å². The van der Waals surface area contributed by atoms with Gasteiger partial charge in [-0.25, -0.2) is 4.98 Å². The van der Waals surface area contributed by atoms with E-state index in [2.05, 4.69) is 15.6 Å². The van der Waals surface area contributed by atoms with Crippen molar-refractivity contribution in [2.45, 2.75) is 6.92 Å². The number of carbonyl (C=O) groups excluding carboxylic acids is 2. The van der Waals surface area contributed by atoms with Gasteiger partial charge in [-0.05, 0) is 12.1 Å². The van der Waals surface area contributed by atoms with Gasteiger partial charge in [0.15, 0.2) is 0 Å². The van der Waals surface area contributed by atoms with Gasteiger partial charge in [0.25, 0.3) is 5.91 Å². The molecule has 2 amide bonds. The number of benzene rings is 1. The lowest BCUT2D eigenvalue weighted by atomic mass is 10.2. The number of rotatable bonds is 4. The second-order valence-corrected chi connectivity index (χ2v) is 4.65. The van der Waals surface area contributed by atoms with E-state index >= 15 is 0 Å². The van der Waals surface area contributed by atoms with Crippen LogP contribution in [0.25, 0.3) is 10.9 Å². The van der Waals surface area contributed by atoms with Crippen LogP contribution in [0.1, 0.15) is 17.4 Å². The number of nitrogens with zero attached hydrogens (tertiary/aromatic N) is 1. The summed E-state index contributed by atoms with van der Waals surface area (Å²) >= 11 is 6.13. The molecule has 0 aliphatic rings. The number of para-hydroxylation sites is 1. The fraction of sp³-hybridized carbons (Fsp3) is 0.214. The molecule has 2 rings (SSSR count). The van der Waals surface area contributed by atoms with Crippen LogP contribution in [0.5, 0.6) is 0 Å². The summed E-state index contributed by atoms with van der Waals surface area (Å²) in [5.41, 5.74) is 0.934. The van der Waals surface area contributed by atoms with E-state index in [4.69, 9.17) is 11.6 Å². The van der Waals surface area contributed by atoms with Crippen LogP contribution in [0.3, 0.4) is 0 Å². The molecule has 0 radical (unpaired) electrons. The van der Waals surface area contributed by atoms with Crippen molar-refractivity contribution in [3.05, 3.63) is 41.0 Å². The Balaban J connectivity index is 2.08. The van der Waals surface area contributed by atoms with E-state index in [9.17, 15) is 9.59 Å². The topological polar surface area (TPSA) is 71.1 Å². The van der Waals surface area contributed by atoms with Crippen LogP contribution in [0.4, 0.5) is 0 Å². The smallest absolute Gasteiger partial charge is 0.270 e. The molecule has 0 spiro atoms. The first-order chi connectivity index (χ1) is 9.58. The zero-order valence-corrected chi connectivity index (χ0v) is 11.7. The maximum Gasteiger partial charge on any atom is 0.270 e. The Morgan fingerprint density at radius 1 is 1.20 bits per heavy atom. The normalized spacial score (nSPS) is 10.3. The summed E-state index contributed by atoms with van der Waals surface area (Å²) in [6.07, 6.45) is 0. The minimum atomic E-state index is -0.317. The zero-order valence-electron chi connectivity index (χ0n) is 10.9. The molecule has 1 aromatic heterocycles. The predicted octanol–water partition coefficient (Wildman–Crippen LogP) is 1.75. The molecular formula is C14H14ClN3O2. The Bertz CT molecular complexity index is 658. The number of aromatic nitrogens is 1. The Morgan fingerprint density at radius 2 is 1.90 bits per heavy atom. The van der Waals surface area contributed by atoms with Crippen molar-refractivity contribution in [3.8, 4) is 0 Å². The van der Waals surface area contributed by atoms with Crippen LogP contribution in [-0.2, 0) is 4.79 Å². The quantitative estimate of drug-likeness (QED) is 0.843. The Labute approximate surface area is 121 Å². The lowest BCUT2D eigenvalue weighted by Gasteiger charge is -2.07. The van der Waals surface area contributed by atoms with Crippen molar-refractivity contribution in [1.82, 2.24) is 15.6 Å². The average molecular weight is 292 g/mol. The van der Waals surface area contributed by atoms with E-state index in [0.29, 0.717) is 23.6 Å². The highest BCUT2D eigenvalue weighted by Crippen LogP contribution is 2.22. The molecule has 0 aliphatic carbocycles. The predicted molar refractivity (Wildman–Crippen MR) is 77.8 cm³/mol. The number of fused-ring (bicyclic) bond motifs is 1. The summed E-state index contributed by atoms with van der Waals surface area (Å²) in [6.45, 7) is 2.14. The molecule has 20 heavy (non-hydrogen) atoms. The third-order valence-electron chi connectivity index (χ3n) is 2.68. The van der Waals surface area contributed by atoms with Gasteiger partial charge in [0.2, 0.25) is 5.91 Å². The minimum Gasteiger partial charge on any atom is -0.355 e. The van der Waals surface area contributed by atoms with Gasteiger partial charge in [-0.15, -0.1) is 0 Å². The van der Waals surface area contributed by atoms with Gasteiger partial charge in [0.05, 0.1) is 10.5 Å². The summed E-state index contributed by atoms with van der Waals surface area (Å²) in [7, 11) is 0. The molecule has 2 N–H and O–H groups in total. The molecule has 0 saturated carbocycles. The molecule has 0 saturated heterocycles. The first kappa shape index (κ1) is 14.3. The van der Waals surface area contributed by atoms with Crippen molar-refractivity contribution >= 4 is 34.3 Å². The molecule has 0 unspecified atom stereocenters. The minimum absolute atomic E-state index is 0.133. The lowest BCUT2D eigenvalue weighted by molar-refractivity contribution is -0.118. The Morgan fingerprint density at radius 3 is 2.65 bits per heavy atom. The number of pyridine rings is 1. The molecule has 6 heteroatoms. The number of amides is 2. The van der Waals surface area contributed by atoms with Gasteiger partial charge in [-0.2, -0.15) is 0 Å². The lowest BCUT2D eigenvalue weighted by Crippen LogP contribution is -2.34. The molecule has 2 aromatic rings. The van der Waals surface area contributed by atoms with Crippen LogP contribution in [-0.4, -0.2) is 29.9 Å². The number of halogens is 1. The van der Waals surface area contributed by atoms with Crippen molar-refractivity contribution in [1.29, 1.82) is 0 Å². The highest BCUT2D eigenvalue weighted by molar-refractivity contribution is 6.35. The van der Waals surface area contributed by atoms with E-state index in [1.807, 2.05) is 18.2 Å². The zero-order chi connectivity index (χ0) is 14.5. The van der Waals surface area contributed by atoms with E-state index in [1.165, 1.54) is 13.0 Å². The summed E-state index contributed by atoms with van der Waals surface area (Å²) in [6, 6.07) is 8.89. The average Bonchev–Trinajstić information content (AvgIpc) is 2.43. The number of nitrogens with one attached hydrogen (secondary N) is 2. The second-order valence-electron chi connectivity index (χ2n) is 4.25. The molecule has 1 heterocycles. The summed E-state index contributed by atoms with van der Waals surface area (Å²) in [5.74, 6) is -0.450. The molecule has 0 atom stereocenters. The van der Waals surface area contributed by atoms with E-state index in [0.717, 1.165) is 5.39 Å². The van der Waals surface area contributed by atoms with Crippen molar-refractivity contribution in [2.75, 3.05) is 13.1 Å². The maximum absolute atomic E-state index is 11.9. The number of carbonyl (C=O) groups is 2. The molecular weight excluding hydrogens is 278 g/mol. The van der Waals surface area contributed by atoms with Crippen LogP contribution in [0.15, 0.2) is 30.3 Å². The van der Waals surface area contributed by atoms with Gasteiger partial charge < -0.3 is 10.6 Å². The first-order valence-electron chi connectivity index (χ1n) is 6.16. The van der Waals surface area contributed by atoms with Gasteiger partial charge in [-0.1, -0.05) is 29.8 Å². The monoisotopic (exact) mass is 291 g/mol. The van der Waals surface area contributed by atoms with Crippen molar-refractivity contribution < 1.29 is 9.59 Å². The Hall–Kier alpha value is -2.14. The fourth-order valence-corrected chi connectivity index (χ4v) is 2.02. The largest absolute Gasteiger partial charge is 0.355 e. The summed E-state index contributed by atoms with van der Waals surface area (Å²) < 4.78 is 0. The van der Waals surface area contributed by atoms with E-state index in [-0.39, 0.29) is 17.5 Å². The van der Waals surface area contributed by atoms with Gasteiger partial charge in [-0.3, -0.25) is 9.59 Å². The first-order valence-corrected chi connectivity index (χ1v) is 6.53. The molecule has 104 valence electrons. The van der Waals surface area contributed by atoms with Crippen LogP contribution in [0, 0.1) is 0 Å². The second kappa shape index (κ2) is 6.34. The van der Waals surface area contributed by atoms with Gasteiger partial charge >= 0.3 is 0 Å². The molecule has 1 aromatic carbocycles. The van der Waals surface area contributed by atoms with Gasteiger partial charge in [0.1, 0.15) is 5.69 Å². The number of hydrogen-bond acceptors (Lipinski definition) is 3. The highest BCUT2D eigenvalue weighted by atomic mass is 35.5. The highest BCUT2D eigenvalue weighted by Gasteiger charge is 2.10. The van der Waals surface area contributed by atoms with Crippen molar-refractivity contribution in [2.24, 2.45) is 0 Å². The molecule has 0 bridgehead atoms. The van der Waals surface area contributed by atoms with Crippen LogP contribution in [0.2, 0.25) is 5.02 Å². The third-order valence-corrected chi connectivity index (χ3v) is 3.00. The molecule has 0 aliphatic heterocycles. The van der Waals surface area contributed by atoms with E-state index < -0.39 is 0 Å². The summed E-state index contributed by atoms with van der Waals surface area (Å²) in [4.78, 5) is 26.9. The van der Waals surface area contributed by atoms with Crippen LogP contribution < -0.4 is 10.6 Å².